The van der Waals surface area contributed by atoms with E-state index in [9.17, 15) is 14.4 Å². The summed E-state index contributed by atoms with van der Waals surface area (Å²) in [5.41, 5.74) is 4.19. The third kappa shape index (κ3) is 6.31. The van der Waals surface area contributed by atoms with Gasteiger partial charge in [0.15, 0.2) is 6.61 Å². The van der Waals surface area contributed by atoms with Crippen LogP contribution >= 0.6 is 11.6 Å². The Balaban J connectivity index is 1.52. The van der Waals surface area contributed by atoms with Gasteiger partial charge in [-0.25, -0.2) is 5.43 Å². The predicted octanol–water partition coefficient (Wildman–Crippen LogP) is 2.39. The number of hydrogen-bond donors (Lipinski definition) is 3. The molecular formula is C21H21ClN4O4. The molecule has 0 aliphatic heterocycles. The number of carbonyl (C=O) groups is 3. The van der Waals surface area contributed by atoms with Crippen LogP contribution in [0.2, 0.25) is 5.02 Å². The van der Waals surface area contributed by atoms with Crippen molar-refractivity contribution in [3.63, 3.8) is 0 Å². The number of rotatable bonds is 7. The first-order valence-corrected chi connectivity index (χ1v) is 9.72. The van der Waals surface area contributed by atoms with Gasteiger partial charge in [0.1, 0.15) is 5.75 Å². The van der Waals surface area contributed by atoms with Crippen molar-refractivity contribution >= 4 is 41.2 Å². The van der Waals surface area contributed by atoms with E-state index < -0.39 is 11.8 Å². The molecule has 2 aromatic rings. The van der Waals surface area contributed by atoms with Gasteiger partial charge in [-0.1, -0.05) is 29.8 Å². The molecule has 0 saturated heterocycles. The minimum atomic E-state index is -0.840. The molecule has 0 atom stereocenters. The van der Waals surface area contributed by atoms with Crippen LogP contribution in [0.5, 0.6) is 5.75 Å². The second-order valence-corrected chi connectivity index (χ2v) is 7.19. The van der Waals surface area contributed by atoms with Crippen LogP contribution in [-0.4, -0.2) is 36.6 Å². The van der Waals surface area contributed by atoms with E-state index in [0.717, 1.165) is 18.4 Å². The van der Waals surface area contributed by atoms with Gasteiger partial charge in [0.05, 0.1) is 6.21 Å². The van der Waals surface area contributed by atoms with E-state index in [4.69, 9.17) is 16.3 Å². The van der Waals surface area contributed by atoms with Gasteiger partial charge in [0.25, 0.3) is 5.91 Å². The molecule has 8 nitrogen and oxygen atoms in total. The molecule has 1 fully saturated rings. The molecule has 3 N–H and O–H groups in total. The maximum absolute atomic E-state index is 12.2. The summed E-state index contributed by atoms with van der Waals surface area (Å²) in [6.07, 6.45) is 3.12. The van der Waals surface area contributed by atoms with Gasteiger partial charge in [-0.3, -0.25) is 14.4 Å². The lowest BCUT2D eigenvalue weighted by Crippen LogP contribution is -2.38. The molecule has 156 valence electrons. The monoisotopic (exact) mass is 428 g/mol. The maximum atomic E-state index is 12.2. The fourth-order valence-electron chi connectivity index (χ4n) is 2.42. The first-order valence-electron chi connectivity index (χ1n) is 9.34. The Morgan fingerprint density at radius 3 is 2.67 bits per heavy atom. The number of amides is 3. The molecule has 2 aromatic carbocycles. The summed E-state index contributed by atoms with van der Waals surface area (Å²) in [7, 11) is 0. The van der Waals surface area contributed by atoms with Crippen molar-refractivity contribution in [1.82, 2.24) is 10.7 Å². The highest BCUT2D eigenvalue weighted by atomic mass is 35.5. The molecule has 30 heavy (non-hydrogen) atoms. The second-order valence-electron chi connectivity index (χ2n) is 6.79. The Kier molecular flexibility index (Phi) is 7.03. The van der Waals surface area contributed by atoms with Crippen molar-refractivity contribution in [3.05, 3.63) is 58.6 Å². The molecule has 0 spiro atoms. The number of halogens is 1. The van der Waals surface area contributed by atoms with E-state index in [2.05, 4.69) is 21.2 Å². The number of nitrogens with zero attached hydrogens (tertiary/aromatic N) is 1. The summed E-state index contributed by atoms with van der Waals surface area (Å²) in [6, 6.07) is 12.2. The first kappa shape index (κ1) is 21.3. The number of nitrogens with one attached hydrogen (secondary N) is 3. The van der Waals surface area contributed by atoms with Crippen LogP contribution in [0.3, 0.4) is 0 Å². The summed E-state index contributed by atoms with van der Waals surface area (Å²) >= 11 is 6.06. The molecule has 1 aliphatic rings. The fraction of sp³-hybridized carbons (Fsp3) is 0.238. The van der Waals surface area contributed by atoms with E-state index >= 15 is 0 Å². The quantitative estimate of drug-likeness (QED) is 0.357. The maximum Gasteiger partial charge on any atom is 0.329 e. The standard InChI is InChI=1S/C21H21ClN4O4/c1-13-6-7-16(10-17(13)22)24-19(27)12-30-18-5-3-2-4-14(18)11-23-26-21(29)20(28)25-15-8-9-15/h2-7,10-11,15H,8-9,12H2,1H3,(H,24,27)(H,25,28)(H,26,29)/b23-11-. The van der Waals surface area contributed by atoms with E-state index in [1.165, 1.54) is 6.21 Å². The number of para-hydroxylation sites is 1. The molecule has 1 saturated carbocycles. The molecule has 0 aromatic heterocycles. The number of benzene rings is 2. The zero-order valence-corrected chi connectivity index (χ0v) is 17.0. The molecular weight excluding hydrogens is 408 g/mol. The van der Waals surface area contributed by atoms with Gasteiger partial charge in [0, 0.05) is 22.3 Å². The Morgan fingerprint density at radius 2 is 1.93 bits per heavy atom. The highest BCUT2D eigenvalue weighted by Gasteiger charge is 2.26. The largest absolute Gasteiger partial charge is 0.483 e. The Labute approximate surface area is 178 Å². The minimum absolute atomic E-state index is 0.0865. The van der Waals surface area contributed by atoms with Crippen LogP contribution < -0.4 is 20.8 Å². The summed E-state index contributed by atoms with van der Waals surface area (Å²) < 4.78 is 5.56. The number of hydrazone groups is 1. The van der Waals surface area contributed by atoms with Gasteiger partial charge in [0.2, 0.25) is 0 Å². The molecule has 1 aliphatic carbocycles. The molecule has 9 heteroatoms. The molecule has 0 heterocycles. The van der Waals surface area contributed by atoms with Crippen LogP contribution in [0.4, 0.5) is 5.69 Å². The lowest BCUT2D eigenvalue weighted by Gasteiger charge is -2.10. The topological polar surface area (TPSA) is 109 Å². The zero-order chi connectivity index (χ0) is 21.5. The smallest absolute Gasteiger partial charge is 0.329 e. The third-order valence-corrected chi connectivity index (χ3v) is 4.63. The molecule has 0 radical (unpaired) electrons. The second kappa shape index (κ2) is 9.89. The Bertz CT molecular complexity index is 989. The number of ether oxygens (including phenoxy) is 1. The highest BCUT2D eigenvalue weighted by Crippen LogP contribution is 2.20. The van der Waals surface area contributed by atoms with Crippen molar-refractivity contribution in [1.29, 1.82) is 0 Å². The van der Waals surface area contributed by atoms with E-state index in [1.807, 2.05) is 13.0 Å². The van der Waals surface area contributed by atoms with Crippen molar-refractivity contribution in [3.8, 4) is 5.75 Å². The number of aryl methyl sites for hydroxylation is 1. The summed E-state index contributed by atoms with van der Waals surface area (Å²) in [5, 5.41) is 9.62. The minimum Gasteiger partial charge on any atom is -0.483 e. The fourth-order valence-corrected chi connectivity index (χ4v) is 2.60. The molecule has 0 bridgehead atoms. The van der Waals surface area contributed by atoms with Gasteiger partial charge in [-0.2, -0.15) is 5.10 Å². The Hall–Kier alpha value is -3.39. The normalized spacial score (nSPS) is 13.0. The lowest BCUT2D eigenvalue weighted by atomic mass is 10.2. The number of hydrogen-bond acceptors (Lipinski definition) is 5. The summed E-state index contributed by atoms with van der Waals surface area (Å²) in [6.45, 7) is 1.64. The average Bonchev–Trinajstić information content (AvgIpc) is 3.54. The van der Waals surface area contributed by atoms with Crippen molar-refractivity contribution in [2.24, 2.45) is 5.10 Å². The highest BCUT2D eigenvalue weighted by molar-refractivity contribution is 6.35. The van der Waals surface area contributed by atoms with Gasteiger partial charge >= 0.3 is 11.8 Å². The van der Waals surface area contributed by atoms with Crippen LogP contribution in [-0.2, 0) is 14.4 Å². The zero-order valence-electron chi connectivity index (χ0n) is 16.3. The lowest BCUT2D eigenvalue weighted by molar-refractivity contribution is -0.139. The third-order valence-electron chi connectivity index (χ3n) is 4.22. The van der Waals surface area contributed by atoms with Crippen molar-refractivity contribution < 1.29 is 19.1 Å². The first-order chi connectivity index (χ1) is 14.4. The van der Waals surface area contributed by atoms with Crippen LogP contribution in [0.15, 0.2) is 47.6 Å². The van der Waals surface area contributed by atoms with Gasteiger partial charge in [-0.15, -0.1) is 0 Å². The number of carbonyl (C=O) groups excluding carboxylic acids is 3. The van der Waals surface area contributed by atoms with Crippen LogP contribution in [0, 0.1) is 6.92 Å². The van der Waals surface area contributed by atoms with Gasteiger partial charge in [-0.05, 0) is 49.6 Å². The van der Waals surface area contributed by atoms with Crippen LogP contribution in [0.25, 0.3) is 0 Å². The predicted molar refractivity (Wildman–Crippen MR) is 114 cm³/mol. The summed E-state index contributed by atoms with van der Waals surface area (Å²) in [5.74, 6) is -1.51. The van der Waals surface area contributed by atoms with Crippen molar-refractivity contribution in [2.45, 2.75) is 25.8 Å². The molecule has 0 unspecified atom stereocenters. The van der Waals surface area contributed by atoms with Gasteiger partial charge < -0.3 is 15.4 Å². The summed E-state index contributed by atoms with van der Waals surface area (Å²) in [4.78, 5) is 35.4. The van der Waals surface area contributed by atoms with E-state index in [1.54, 1.807) is 36.4 Å². The SMILES string of the molecule is Cc1ccc(NC(=O)COc2ccccc2/C=N\NC(=O)C(=O)NC2CC2)cc1Cl. The van der Waals surface area contributed by atoms with Crippen molar-refractivity contribution in [2.75, 3.05) is 11.9 Å². The average molecular weight is 429 g/mol. The molecule has 3 amide bonds. The van der Waals surface area contributed by atoms with Crippen LogP contribution in [0.1, 0.15) is 24.0 Å². The Morgan fingerprint density at radius 1 is 1.17 bits per heavy atom. The van der Waals surface area contributed by atoms with E-state index in [-0.39, 0.29) is 18.6 Å². The molecule has 3 rings (SSSR count). The van der Waals surface area contributed by atoms with E-state index in [0.29, 0.717) is 22.0 Å². The number of anilines is 1.